The second-order valence-electron chi connectivity index (χ2n) is 5.16. The van der Waals surface area contributed by atoms with E-state index >= 15 is 0 Å². The molecular weight excluding hydrogens is 246 g/mol. The van der Waals surface area contributed by atoms with Gasteiger partial charge in [0, 0.05) is 19.0 Å². The van der Waals surface area contributed by atoms with Crippen molar-refractivity contribution in [2.24, 2.45) is 17.6 Å². The molecule has 0 aromatic rings. The molecule has 0 spiro atoms. The molecule has 0 fully saturated rings. The van der Waals surface area contributed by atoms with Gasteiger partial charge in [0.2, 0.25) is 5.91 Å². The summed E-state index contributed by atoms with van der Waals surface area (Å²) in [7, 11) is 0. The van der Waals surface area contributed by atoms with Gasteiger partial charge in [0.1, 0.15) is 0 Å². The molecule has 106 valence electrons. The minimum absolute atomic E-state index is 0.0765. The van der Waals surface area contributed by atoms with Crippen LogP contribution in [0.25, 0.3) is 0 Å². The normalized spacial score (nSPS) is 12.8. The Labute approximate surface area is 116 Å². The zero-order chi connectivity index (χ0) is 14.1. The first kappa shape index (κ1) is 17.3. The van der Waals surface area contributed by atoms with Crippen LogP contribution in [0.15, 0.2) is 0 Å². The lowest BCUT2D eigenvalue weighted by molar-refractivity contribution is -0.122. The van der Waals surface area contributed by atoms with Gasteiger partial charge in [-0.25, -0.2) is 0 Å². The van der Waals surface area contributed by atoms with E-state index in [-0.39, 0.29) is 11.8 Å². The molecule has 4 nitrogen and oxygen atoms in total. The molecule has 1 amide bonds. The third-order valence-corrected chi connectivity index (χ3v) is 3.28. The number of carbonyl (C=O) groups is 1. The maximum absolute atomic E-state index is 11.7. The van der Waals surface area contributed by atoms with E-state index in [0.29, 0.717) is 17.5 Å². The fourth-order valence-electron chi connectivity index (χ4n) is 1.54. The third-order valence-electron chi connectivity index (χ3n) is 2.88. The Morgan fingerprint density at radius 1 is 1.39 bits per heavy atom. The largest absolute Gasteiger partial charge is 0.393 e. The summed E-state index contributed by atoms with van der Waals surface area (Å²) < 4.78 is 0. The molecular formula is C13H27N3OS. The van der Waals surface area contributed by atoms with Crippen molar-refractivity contribution in [2.45, 2.75) is 34.1 Å². The number of amides is 1. The van der Waals surface area contributed by atoms with Crippen molar-refractivity contribution in [2.75, 3.05) is 26.2 Å². The molecule has 0 heterocycles. The summed E-state index contributed by atoms with van der Waals surface area (Å²) >= 11 is 4.95. The van der Waals surface area contributed by atoms with Crippen LogP contribution in [0.4, 0.5) is 0 Å². The summed E-state index contributed by atoms with van der Waals surface area (Å²) in [5.41, 5.74) is 5.59. The lowest BCUT2D eigenvalue weighted by atomic mass is 10.1. The van der Waals surface area contributed by atoms with Crippen LogP contribution in [0, 0.1) is 11.8 Å². The maximum Gasteiger partial charge on any atom is 0.234 e. The van der Waals surface area contributed by atoms with E-state index in [1.54, 1.807) is 0 Å². The number of nitrogens with two attached hydrogens (primary N) is 1. The fraction of sp³-hybridized carbons (Fsp3) is 0.846. The first-order chi connectivity index (χ1) is 8.36. The first-order valence-corrected chi connectivity index (χ1v) is 7.06. The summed E-state index contributed by atoms with van der Waals surface area (Å²) in [6.07, 6.45) is 1.02. The number of rotatable bonds is 9. The third kappa shape index (κ3) is 8.42. The summed E-state index contributed by atoms with van der Waals surface area (Å²) in [4.78, 5) is 14.3. The maximum atomic E-state index is 11.7. The zero-order valence-electron chi connectivity index (χ0n) is 12.0. The highest BCUT2D eigenvalue weighted by Gasteiger charge is 2.13. The molecule has 0 rings (SSSR count). The minimum Gasteiger partial charge on any atom is -0.393 e. The van der Waals surface area contributed by atoms with Gasteiger partial charge in [0.15, 0.2) is 0 Å². The molecule has 1 unspecified atom stereocenters. The van der Waals surface area contributed by atoms with Gasteiger partial charge in [0.25, 0.3) is 0 Å². The van der Waals surface area contributed by atoms with Gasteiger partial charge in [0.05, 0.1) is 11.5 Å². The van der Waals surface area contributed by atoms with Crippen molar-refractivity contribution in [1.82, 2.24) is 10.2 Å². The predicted octanol–water partition coefficient (Wildman–Crippen LogP) is 1.39. The van der Waals surface area contributed by atoms with Crippen LogP contribution in [-0.4, -0.2) is 42.0 Å². The van der Waals surface area contributed by atoms with E-state index in [9.17, 15) is 4.79 Å². The van der Waals surface area contributed by atoms with E-state index in [0.717, 1.165) is 26.1 Å². The van der Waals surface area contributed by atoms with Gasteiger partial charge in [-0.1, -0.05) is 39.9 Å². The Morgan fingerprint density at radius 3 is 2.44 bits per heavy atom. The second-order valence-corrected chi connectivity index (χ2v) is 5.64. The Bertz CT molecular complexity index is 269. The lowest BCUT2D eigenvalue weighted by Gasteiger charge is -2.23. The molecule has 0 saturated carbocycles. The molecule has 0 radical (unpaired) electrons. The van der Waals surface area contributed by atoms with Gasteiger partial charge in [-0.3, -0.25) is 9.69 Å². The van der Waals surface area contributed by atoms with Crippen molar-refractivity contribution in [1.29, 1.82) is 0 Å². The number of hydrogen-bond donors (Lipinski definition) is 2. The van der Waals surface area contributed by atoms with Crippen LogP contribution in [-0.2, 0) is 4.79 Å². The first-order valence-electron chi connectivity index (χ1n) is 6.65. The van der Waals surface area contributed by atoms with Crippen molar-refractivity contribution in [3.63, 3.8) is 0 Å². The van der Waals surface area contributed by atoms with Gasteiger partial charge in [-0.2, -0.15) is 0 Å². The van der Waals surface area contributed by atoms with E-state index in [1.807, 2.05) is 13.8 Å². The molecule has 1 atom stereocenters. The Balaban J connectivity index is 3.97. The van der Waals surface area contributed by atoms with E-state index < -0.39 is 0 Å². The fourth-order valence-corrected chi connectivity index (χ4v) is 1.62. The zero-order valence-corrected chi connectivity index (χ0v) is 12.8. The standard InChI is InChI=1S/C13H27N3OS/c1-5-16(8-11(4)13(14)18)9-12(17)15-7-6-10(2)3/h10-11H,5-9H2,1-4H3,(H2,14,18)(H,15,17). The monoisotopic (exact) mass is 273 g/mol. The quantitative estimate of drug-likeness (QED) is 0.623. The highest BCUT2D eigenvalue weighted by molar-refractivity contribution is 7.80. The highest BCUT2D eigenvalue weighted by Crippen LogP contribution is 2.00. The van der Waals surface area contributed by atoms with Crippen LogP contribution in [0.1, 0.15) is 34.1 Å². The number of thiocarbonyl (C=S) groups is 1. The Hall–Kier alpha value is -0.680. The average molecular weight is 273 g/mol. The van der Waals surface area contributed by atoms with Crippen LogP contribution in [0.2, 0.25) is 0 Å². The van der Waals surface area contributed by atoms with Gasteiger partial charge < -0.3 is 11.1 Å². The lowest BCUT2D eigenvalue weighted by Crippen LogP contribution is -2.41. The second kappa shape index (κ2) is 9.28. The molecule has 0 aromatic heterocycles. The van der Waals surface area contributed by atoms with Gasteiger partial charge in [-0.05, 0) is 18.9 Å². The molecule has 0 aliphatic heterocycles. The number of carbonyl (C=O) groups excluding carboxylic acids is 1. The van der Waals surface area contributed by atoms with Crippen molar-refractivity contribution in [3.8, 4) is 0 Å². The van der Waals surface area contributed by atoms with E-state index in [2.05, 4.69) is 24.1 Å². The molecule has 3 N–H and O–H groups in total. The average Bonchev–Trinajstić information content (AvgIpc) is 2.27. The molecule has 18 heavy (non-hydrogen) atoms. The van der Waals surface area contributed by atoms with Crippen LogP contribution in [0.5, 0.6) is 0 Å². The predicted molar refractivity (Wildman–Crippen MR) is 80.5 cm³/mol. The Kier molecular flexibility index (Phi) is 8.93. The molecule has 5 heteroatoms. The molecule has 0 aliphatic carbocycles. The van der Waals surface area contributed by atoms with Crippen molar-refractivity contribution >= 4 is 23.1 Å². The molecule has 0 aliphatic rings. The smallest absolute Gasteiger partial charge is 0.234 e. The van der Waals surface area contributed by atoms with Gasteiger partial charge in [-0.15, -0.1) is 0 Å². The van der Waals surface area contributed by atoms with E-state index in [4.69, 9.17) is 18.0 Å². The summed E-state index contributed by atoms with van der Waals surface area (Å²) in [6.45, 7) is 11.0. The topological polar surface area (TPSA) is 58.4 Å². The molecule has 0 bridgehead atoms. The minimum atomic E-state index is 0.0765. The SMILES string of the molecule is CCN(CC(=O)NCCC(C)C)CC(C)C(N)=S. The van der Waals surface area contributed by atoms with E-state index in [1.165, 1.54) is 0 Å². The van der Waals surface area contributed by atoms with Crippen LogP contribution >= 0.6 is 12.2 Å². The number of nitrogens with zero attached hydrogens (tertiary/aromatic N) is 1. The summed E-state index contributed by atoms with van der Waals surface area (Å²) in [5.74, 6) is 0.832. The number of nitrogens with one attached hydrogen (secondary N) is 1. The highest BCUT2D eigenvalue weighted by atomic mass is 32.1. The molecule has 0 saturated heterocycles. The van der Waals surface area contributed by atoms with Crippen LogP contribution in [0.3, 0.4) is 0 Å². The van der Waals surface area contributed by atoms with Crippen molar-refractivity contribution in [3.05, 3.63) is 0 Å². The summed E-state index contributed by atoms with van der Waals surface area (Å²) in [6, 6.07) is 0. The van der Waals surface area contributed by atoms with Crippen LogP contribution < -0.4 is 11.1 Å². The number of hydrogen-bond acceptors (Lipinski definition) is 3. The van der Waals surface area contributed by atoms with Crippen molar-refractivity contribution < 1.29 is 4.79 Å². The summed E-state index contributed by atoms with van der Waals surface area (Å²) in [5, 5.41) is 2.94. The van der Waals surface area contributed by atoms with Gasteiger partial charge >= 0.3 is 0 Å². The Morgan fingerprint density at radius 2 is 2.00 bits per heavy atom. The number of likely N-dealkylation sites (N-methyl/N-ethyl adjacent to an activating group) is 1. The molecule has 0 aromatic carbocycles.